The number of nitrogens with two attached hydrogens (primary N) is 1. The second-order valence-corrected chi connectivity index (χ2v) is 3.57. The quantitative estimate of drug-likeness (QED) is 0.661. The topological polar surface area (TPSA) is 52.3 Å². The van der Waals surface area contributed by atoms with Crippen LogP contribution in [0.4, 0.5) is 0 Å². The Hall–Kier alpha value is -0.570. The Morgan fingerprint density at radius 2 is 2.08 bits per heavy atom. The molecule has 0 saturated carbocycles. The van der Waals surface area contributed by atoms with Crippen LogP contribution in [0.3, 0.4) is 0 Å². The summed E-state index contributed by atoms with van der Waals surface area (Å²) in [6, 6.07) is 0. The monoisotopic (exact) mass is 173 g/mol. The van der Waals surface area contributed by atoms with Crippen molar-refractivity contribution in [1.29, 1.82) is 0 Å². The Morgan fingerprint density at radius 1 is 1.50 bits per heavy atom. The van der Waals surface area contributed by atoms with Crippen LogP contribution in [0.2, 0.25) is 0 Å². The first-order chi connectivity index (χ1) is 5.48. The fourth-order valence-electron chi connectivity index (χ4n) is 1.10. The highest BCUT2D eigenvalue weighted by molar-refractivity contribution is 5.73. The van der Waals surface area contributed by atoms with E-state index >= 15 is 0 Å². The molecule has 0 aromatic rings. The molecule has 0 fully saturated rings. The number of hydrogen-bond donors (Lipinski definition) is 1. The van der Waals surface area contributed by atoms with Gasteiger partial charge in [0.05, 0.1) is 12.2 Å². The fourth-order valence-corrected chi connectivity index (χ4v) is 1.10. The van der Waals surface area contributed by atoms with E-state index in [4.69, 9.17) is 10.5 Å². The summed E-state index contributed by atoms with van der Waals surface area (Å²) < 4.78 is 5.48. The number of carbonyl (C=O) groups is 1. The molecule has 0 spiro atoms. The number of amides is 1. The van der Waals surface area contributed by atoms with Crippen LogP contribution in [0.5, 0.6) is 0 Å². The van der Waals surface area contributed by atoms with Gasteiger partial charge in [-0.2, -0.15) is 0 Å². The first-order valence-corrected chi connectivity index (χ1v) is 4.40. The lowest BCUT2D eigenvalue weighted by atomic mass is 10.0. The molecule has 0 aliphatic heterocycles. The smallest absolute Gasteiger partial charge is 0.219 e. The second kappa shape index (κ2) is 5.14. The maximum absolute atomic E-state index is 10.4. The third kappa shape index (κ3) is 6.16. The van der Waals surface area contributed by atoms with Crippen molar-refractivity contribution in [3.05, 3.63) is 0 Å². The van der Waals surface area contributed by atoms with Gasteiger partial charge in [-0.25, -0.2) is 0 Å². The summed E-state index contributed by atoms with van der Waals surface area (Å²) >= 11 is 0. The predicted molar refractivity (Wildman–Crippen MR) is 48.8 cm³/mol. The molecule has 0 aliphatic carbocycles. The SMILES string of the molecule is CCCC(C)(C)OCCC(N)=O. The normalized spacial score (nSPS) is 11.6. The zero-order chi connectivity index (χ0) is 9.61. The van der Waals surface area contributed by atoms with Crippen molar-refractivity contribution in [3.8, 4) is 0 Å². The van der Waals surface area contributed by atoms with E-state index < -0.39 is 0 Å². The van der Waals surface area contributed by atoms with Gasteiger partial charge in [-0.15, -0.1) is 0 Å². The van der Waals surface area contributed by atoms with Gasteiger partial charge in [0.1, 0.15) is 0 Å². The van der Waals surface area contributed by atoms with E-state index in [0.29, 0.717) is 13.0 Å². The Kier molecular flexibility index (Phi) is 4.90. The summed E-state index contributed by atoms with van der Waals surface area (Å²) in [7, 11) is 0. The molecule has 12 heavy (non-hydrogen) atoms. The first kappa shape index (κ1) is 11.4. The minimum atomic E-state index is -0.303. The summed E-state index contributed by atoms with van der Waals surface area (Å²) in [4.78, 5) is 10.4. The lowest BCUT2D eigenvalue weighted by Crippen LogP contribution is -2.26. The molecule has 0 aliphatic rings. The molecule has 72 valence electrons. The minimum Gasteiger partial charge on any atom is -0.375 e. The van der Waals surface area contributed by atoms with Gasteiger partial charge in [0, 0.05) is 6.42 Å². The number of hydrogen-bond acceptors (Lipinski definition) is 2. The zero-order valence-electron chi connectivity index (χ0n) is 8.22. The van der Waals surface area contributed by atoms with E-state index in [0.717, 1.165) is 12.8 Å². The van der Waals surface area contributed by atoms with E-state index in [1.54, 1.807) is 0 Å². The van der Waals surface area contributed by atoms with Crippen LogP contribution in [0.25, 0.3) is 0 Å². The standard InChI is InChI=1S/C9H19NO2/c1-4-6-9(2,3)12-7-5-8(10)11/h4-7H2,1-3H3,(H2,10,11). The van der Waals surface area contributed by atoms with Gasteiger partial charge in [0.25, 0.3) is 0 Å². The summed E-state index contributed by atoms with van der Waals surface area (Å²) in [6.45, 7) is 6.59. The van der Waals surface area contributed by atoms with Crippen molar-refractivity contribution in [2.75, 3.05) is 6.61 Å². The van der Waals surface area contributed by atoms with Crippen LogP contribution < -0.4 is 5.73 Å². The average Bonchev–Trinajstić information content (AvgIpc) is 1.85. The van der Waals surface area contributed by atoms with Gasteiger partial charge in [-0.1, -0.05) is 13.3 Å². The largest absolute Gasteiger partial charge is 0.375 e. The van der Waals surface area contributed by atoms with E-state index in [9.17, 15) is 4.79 Å². The molecule has 0 bridgehead atoms. The van der Waals surface area contributed by atoms with Crippen LogP contribution in [0.1, 0.15) is 40.0 Å². The molecule has 0 heterocycles. The van der Waals surface area contributed by atoms with Crippen LogP contribution in [0.15, 0.2) is 0 Å². The third-order valence-corrected chi connectivity index (χ3v) is 1.69. The maximum atomic E-state index is 10.4. The van der Waals surface area contributed by atoms with E-state index in [-0.39, 0.29) is 11.5 Å². The Morgan fingerprint density at radius 3 is 2.50 bits per heavy atom. The van der Waals surface area contributed by atoms with Gasteiger partial charge in [-0.05, 0) is 20.3 Å². The second-order valence-electron chi connectivity index (χ2n) is 3.57. The molecule has 2 N–H and O–H groups in total. The number of rotatable bonds is 6. The van der Waals surface area contributed by atoms with E-state index in [2.05, 4.69) is 6.92 Å². The molecule has 0 rings (SSSR count). The molecule has 0 saturated heterocycles. The van der Waals surface area contributed by atoms with Gasteiger partial charge in [0.15, 0.2) is 0 Å². The highest BCUT2D eigenvalue weighted by Gasteiger charge is 2.16. The van der Waals surface area contributed by atoms with E-state index in [1.165, 1.54) is 0 Å². The van der Waals surface area contributed by atoms with Gasteiger partial charge in [-0.3, -0.25) is 4.79 Å². The molecule has 1 amide bonds. The van der Waals surface area contributed by atoms with Crippen LogP contribution in [-0.2, 0) is 9.53 Å². The zero-order valence-corrected chi connectivity index (χ0v) is 8.22. The molecule has 0 aromatic heterocycles. The molecule has 0 unspecified atom stereocenters. The number of carbonyl (C=O) groups excluding carboxylic acids is 1. The number of ether oxygens (including phenoxy) is 1. The summed E-state index contributed by atoms with van der Waals surface area (Å²) in [5.74, 6) is -0.303. The summed E-state index contributed by atoms with van der Waals surface area (Å²) in [6.07, 6.45) is 2.41. The molecule has 0 aromatic carbocycles. The van der Waals surface area contributed by atoms with Crippen molar-refractivity contribution in [1.82, 2.24) is 0 Å². The number of primary amides is 1. The molecule has 3 nitrogen and oxygen atoms in total. The van der Waals surface area contributed by atoms with Gasteiger partial charge in [0.2, 0.25) is 5.91 Å². The Balaban J connectivity index is 3.53. The summed E-state index contributed by atoms with van der Waals surface area (Å²) in [5.41, 5.74) is 4.86. The van der Waals surface area contributed by atoms with Crippen LogP contribution >= 0.6 is 0 Å². The van der Waals surface area contributed by atoms with E-state index in [1.807, 2.05) is 13.8 Å². The lowest BCUT2D eigenvalue weighted by molar-refractivity contribution is -0.120. The predicted octanol–water partition coefficient (Wildman–Crippen LogP) is 1.46. The van der Waals surface area contributed by atoms with Gasteiger partial charge >= 0.3 is 0 Å². The maximum Gasteiger partial charge on any atom is 0.219 e. The van der Waals surface area contributed by atoms with Crippen molar-refractivity contribution in [2.45, 2.75) is 45.6 Å². The minimum absolute atomic E-state index is 0.121. The molecule has 0 radical (unpaired) electrons. The molecule has 3 heteroatoms. The lowest BCUT2D eigenvalue weighted by Gasteiger charge is -2.24. The average molecular weight is 173 g/mol. The highest BCUT2D eigenvalue weighted by atomic mass is 16.5. The fraction of sp³-hybridized carbons (Fsp3) is 0.889. The summed E-state index contributed by atoms with van der Waals surface area (Å²) in [5, 5.41) is 0. The van der Waals surface area contributed by atoms with Crippen LogP contribution in [-0.4, -0.2) is 18.1 Å². The third-order valence-electron chi connectivity index (χ3n) is 1.69. The van der Waals surface area contributed by atoms with Crippen LogP contribution in [0, 0.1) is 0 Å². The molecular formula is C9H19NO2. The highest BCUT2D eigenvalue weighted by Crippen LogP contribution is 2.16. The van der Waals surface area contributed by atoms with Crippen molar-refractivity contribution in [3.63, 3.8) is 0 Å². The molecule has 0 atom stereocenters. The van der Waals surface area contributed by atoms with Gasteiger partial charge < -0.3 is 10.5 Å². The Labute approximate surface area is 74.3 Å². The van der Waals surface area contributed by atoms with Crippen molar-refractivity contribution in [2.24, 2.45) is 5.73 Å². The first-order valence-electron chi connectivity index (χ1n) is 4.40. The Bertz CT molecular complexity index is 143. The van der Waals surface area contributed by atoms with Crippen molar-refractivity contribution < 1.29 is 9.53 Å². The molecular weight excluding hydrogens is 154 g/mol. The van der Waals surface area contributed by atoms with Crippen molar-refractivity contribution >= 4 is 5.91 Å².